The van der Waals surface area contributed by atoms with Gasteiger partial charge in [0.15, 0.2) is 0 Å². The second-order valence-electron chi connectivity index (χ2n) is 6.68. The van der Waals surface area contributed by atoms with Gasteiger partial charge in [0.2, 0.25) is 11.7 Å². The quantitative estimate of drug-likeness (QED) is 0.702. The maximum absolute atomic E-state index is 12.6. The molecule has 0 saturated carbocycles. The Kier molecular flexibility index (Phi) is 5.72. The smallest absolute Gasteiger partial charge is 0.318 e. The van der Waals surface area contributed by atoms with Gasteiger partial charge in [-0.2, -0.15) is 10.1 Å². The molecule has 0 unspecified atom stereocenters. The highest BCUT2D eigenvalue weighted by molar-refractivity contribution is 5.74. The van der Waals surface area contributed by atoms with Crippen LogP contribution in [0.15, 0.2) is 29.0 Å². The zero-order chi connectivity index (χ0) is 20.3. The molecule has 3 aromatic heterocycles. The molecule has 0 aliphatic carbocycles. The minimum Gasteiger partial charge on any atom is -0.337 e. The molecule has 9 heteroatoms. The first-order valence-corrected chi connectivity index (χ1v) is 9.19. The summed E-state index contributed by atoms with van der Waals surface area (Å²) < 4.78 is 7.20. The summed E-state index contributed by atoms with van der Waals surface area (Å²) in [6.45, 7) is 8.98. The molecule has 2 amide bonds. The molecule has 0 radical (unpaired) electrons. The van der Waals surface area contributed by atoms with Crippen LogP contribution in [0.2, 0.25) is 0 Å². The molecule has 0 aliphatic heterocycles. The monoisotopic (exact) mass is 383 g/mol. The predicted octanol–water partition coefficient (Wildman–Crippen LogP) is 2.87. The van der Waals surface area contributed by atoms with Crippen molar-refractivity contribution in [2.75, 3.05) is 7.05 Å². The molecular weight excluding hydrogens is 358 g/mol. The first-order valence-electron chi connectivity index (χ1n) is 9.19. The molecular formula is C19H25N7O2. The van der Waals surface area contributed by atoms with Crippen LogP contribution in [-0.4, -0.2) is 42.9 Å². The molecule has 3 aromatic rings. The van der Waals surface area contributed by atoms with Gasteiger partial charge in [0, 0.05) is 42.8 Å². The lowest BCUT2D eigenvalue weighted by Crippen LogP contribution is -2.38. The van der Waals surface area contributed by atoms with Crippen molar-refractivity contribution in [2.24, 2.45) is 0 Å². The molecule has 0 bridgehead atoms. The van der Waals surface area contributed by atoms with E-state index in [1.54, 1.807) is 25.5 Å². The van der Waals surface area contributed by atoms with E-state index in [-0.39, 0.29) is 18.6 Å². The molecule has 3 rings (SSSR count). The lowest BCUT2D eigenvalue weighted by atomic mass is 10.1. The van der Waals surface area contributed by atoms with Gasteiger partial charge in [0.1, 0.15) is 6.54 Å². The highest BCUT2D eigenvalue weighted by Gasteiger charge is 2.21. The summed E-state index contributed by atoms with van der Waals surface area (Å²) in [5.41, 5.74) is 3.79. The highest BCUT2D eigenvalue weighted by atomic mass is 16.5. The van der Waals surface area contributed by atoms with Crippen molar-refractivity contribution < 1.29 is 9.32 Å². The second kappa shape index (κ2) is 8.20. The van der Waals surface area contributed by atoms with E-state index in [4.69, 9.17) is 4.52 Å². The molecule has 9 nitrogen and oxygen atoms in total. The maximum Gasteiger partial charge on any atom is 0.318 e. The number of nitrogens with zero attached hydrogens (tertiary/aromatic N) is 6. The van der Waals surface area contributed by atoms with E-state index in [9.17, 15) is 4.79 Å². The van der Waals surface area contributed by atoms with Gasteiger partial charge in [-0.25, -0.2) is 4.79 Å². The molecule has 0 fully saturated rings. The Labute approximate surface area is 163 Å². The molecule has 0 aliphatic rings. The van der Waals surface area contributed by atoms with Crippen LogP contribution in [0.1, 0.15) is 42.7 Å². The molecule has 28 heavy (non-hydrogen) atoms. The summed E-state index contributed by atoms with van der Waals surface area (Å²) in [5, 5.41) is 11.5. The molecule has 1 N–H and O–H groups in total. The number of hydrogen-bond acceptors (Lipinski definition) is 6. The number of amides is 2. The zero-order valence-corrected chi connectivity index (χ0v) is 16.8. The number of nitrogens with one attached hydrogen (secondary N) is 1. The van der Waals surface area contributed by atoms with E-state index in [0.717, 1.165) is 29.1 Å². The first-order chi connectivity index (χ1) is 13.4. The van der Waals surface area contributed by atoms with E-state index >= 15 is 0 Å². The first kappa shape index (κ1) is 19.5. The topological polar surface area (TPSA) is 102 Å². The minimum atomic E-state index is -0.225. The van der Waals surface area contributed by atoms with Crippen LogP contribution in [-0.2, 0) is 13.1 Å². The summed E-state index contributed by atoms with van der Waals surface area (Å²) in [5.74, 6) is 0.804. The van der Waals surface area contributed by atoms with E-state index in [1.165, 1.54) is 4.90 Å². The minimum absolute atomic E-state index is 0.163. The second-order valence-corrected chi connectivity index (χ2v) is 6.68. The molecule has 1 atom stereocenters. The van der Waals surface area contributed by atoms with Crippen LogP contribution in [0.3, 0.4) is 0 Å². The standard InChI is InChI=1S/C19H25N7O2/c1-6-26-14(4)17(13(3)23-26)12(2)21-19(27)25(5)11-16-22-18(24-28-16)15-8-7-9-20-10-15/h7-10,12H,6,11H2,1-5H3,(H,21,27)/t12-/m1/s1. The van der Waals surface area contributed by atoms with Crippen LogP contribution >= 0.6 is 0 Å². The normalized spacial score (nSPS) is 12.0. The van der Waals surface area contributed by atoms with Gasteiger partial charge in [-0.1, -0.05) is 5.16 Å². The van der Waals surface area contributed by atoms with Gasteiger partial charge in [-0.05, 0) is 39.8 Å². The van der Waals surface area contributed by atoms with Gasteiger partial charge >= 0.3 is 6.03 Å². The van der Waals surface area contributed by atoms with Gasteiger partial charge in [0.25, 0.3) is 0 Å². The fourth-order valence-electron chi connectivity index (χ4n) is 3.22. The van der Waals surface area contributed by atoms with Gasteiger partial charge in [0.05, 0.1) is 11.7 Å². The Bertz CT molecular complexity index is 949. The number of carbonyl (C=O) groups is 1. The van der Waals surface area contributed by atoms with Crippen LogP contribution < -0.4 is 5.32 Å². The fourth-order valence-corrected chi connectivity index (χ4v) is 3.22. The van der Waals surface area contributed by atoms with Crippen molar-refractivity contribution in [3.8, 4) is 11.4 Å². The van der Waals surface area contributed by atoms with Crippen LogP contribution in [0.5, 0.6) is 0 Å². The lowest BCUT2D eigenvalue weighted by molar-refractivity contribution is 0.196. The number of pyridine rings is 1. The number of rotatable bonds is 6. The molecule has 148 valence electrons. The number of aryl methyl sites for hydroxylation is 2. The van der Waals surface area contributed by atoms with Crippen molar-refractivity contribution >= 4 is 6.03 Å². The number of hydrogen-bond donors (Lipinski definition) is 1. The third kappa shape index (κ3) is 4.03. The Morgan fingerprint density at radius 2 is 2.18 bits per heavy atom. The molecule has 3 heterocycles. The summed E-state index contributed by atoms with van der Waals surface area (Å²) in [4.78, 5) is 22.5. The van der Waals surface area contributed by atoms with Crippen molar-refractivity contribution in [3.63, 3.8) is 0 Å². The van der Waals surface area contributed by atoms with Crippen LogP contribution in [0.4, 0.5) is 4.79 Å². The largest absolute Gasteiger partial charge is 0.337 e. The van der Waals surface area contributed by atoms with Crippen molar-refractivity contribution in [3.05, 3.63) is 47.4 Å². The molecule has 0 saturated heterocycles. The summed E-state index contributed by atoms with van der Waals surface area (Å²) >= 11 is 0. The Balaban J connectivity index is 1.64. The highest BCUT2D eigenvalue weighted by Crippen LogP contribution is 2.21. The molecule has 0 spiro atoms. The van der Waals surface area contributed by atoms with Gasteiger partial charge < -0.3 is 14.7 Å². The van der Waals surface area contributed by atoms with Crippen molar-refractivity contribution in [1.82, 2.24) is 35.1 Å². The molecule has 0 aromatic carbocycles. The Morgan fingerprint density at radius 3 is 2.82 bits per heavy atom. The average Bonchev–Trinajstić information content (AvgIpc) is 3.26. The lowest BCUT2D eigenvalue weighted by Gasteiger charge is -2.20. The zero-order valence-electron chi connectivity index (χ0n) is 16.8. The number of urea groups is 1. The van der Waals surface area contributed by atoms with Crippen LogP contribution in [0, 0.1) is 13.8 Å². The SMILES string of the molecule is CCn1nc(C)c([C@@H](C)NC(=O)N(C)Cc2nc(-c3cccnc3)no2)c1C. The van der Waals surface area contributed by atoms with Crippen molar-refractivity contribution in [1.29, 1.82) is 0 Å². The summed E-state index contributed by atoms with van der Waals surface area (Å²) in [6.07, 6.45) is 3.34. The summed E-state index contributed by atoms with van der Waals surface area (Å²) in [7, 11) is 1.69. The van der Waals surface area contributed by atoms with Crippen LogP contribution in [0.25, 0.3) is 11.4 Å². The third-order valence-electron chi connectivity index (χ3n) is 4.62. The predicted molar refractivity (Wildman–Crippen MR) is 103 cm³/mol. The van der Waals surface area contributed by atoms with Gasteiger partial charge in [-0.3, -0.25) is 9.67 Å². The van der Waals surface area contributed by atoms with E-state index in [2.05, 4.69) is 25.5 Å². The Hall–Kier alpha value is -3.23. The number of carbonyl (C=O) groups excluding carboxylic acids is 1. The van der Waals surface area contributed by atoms with Crippen molar-refractivity contribution in [2.45, 2.75) is 46.8 Å². The number of aromatic nitrogens is 5. The average molecular weight is 383 g/mol. The summed E-state index contributed by atoms with van der Waals surface area (Å²) in [6, 6.07) is 3.26. The maximum atomic E-state index is 12.6. The van der Waals surface area contributed by atoms with E-state index < -0.39 is 0 Å². The third-order valence-corrected chi connectivity index (χ3v) is 4.62. The van der Waals surface area contributed by atoms with Gasteiger partial charge in [-0.15, -0.1) is 0 Å². The Morgan fingerprint density at radius 1 is 1.39 bits per heavy atom. The van der Waals surface area contributed by atoms with E-state index in [0.29, 0.717) is 11.7 Å². The fraction of sp³-hybridized carbons (Fsp3) is 0.421. The van der Waals surface area contributed by atoms with E-state index in [1.807, 2.05) is 38.4 Å².